The second-order valence-electron chi connectivity index (χ2n) is 5.99. The molecular formula is C18H20N4O4. The predicted octanol–water partition coefficient (Wildman–Crippen LogP) is 1.36. The van der Waals surface area contributed by atoms with Crippen LogP contribution in [0.1, 0.15) is 35.1 Å². The number of hydrogen-bond acceptors (Lipinski definition) is 5. The largest absolute Gasteiger partial charge is 0.448 e. The Morgan fingerprint density at radius 3 is 2.62 bits per heavy atom. The van der Waals surface area contributed by atoms with Crippen LogP contribution in [0.5, 0.6) is 0 Å². The maximum absolute atomic E-state index is 12.5. The monoisotopic (exact) mass is 356 g/mol. The normalized spacial score (nSPS) is 13.6. The molecule has 1 aromatic heterocycles. The van der Waals surface area contributed by atoms with Crippen molar-refractivity contribution in [3.8, 4) is 5.69 Å². The lowest BCUT2D eigenvalue weighted by molar-refractivity contribution is -0.127. The van der Waals surface area contributed by atoms with Crippen LogP contribution in [0.3, 0.4) is 0 Å². The van der Waals surface area contributed by atoms with Crippen LogP contribution in [-0.4, -0.2) is 40.8 Å². The van der Waals surface area contributed by atoms with Crippen molar-refractivity contribution in [2.75, 3.05) is 7.05 Å². The van der Waals surface area contributed by atoms with E-state index in [-0.39, 0.29) is 5.69 Å². The van der Waals surface area contributed by atoms with Crippen LogP contribution in [0.25, 0.3) is 5.69 Å². The Morgan fingerprint density at radius 2 is 1.92 bits per heavy atom. The Labute approximate surface area is 150 Å². The average molecular weight is 356 g/mol. The van der Waals surface area contributed by atoms with E-state index in [2.05, 4.69) is 15.7 Å². The minimum absolute atomic E-state index is 0.223. The summed E-state index contributed by atoms with van der Waals surface area (Å²) >= 11 is 0. The van der Waals surface area contributed by atoms with Gasteiger partial charge in [-0.3, -0.25) is 10.1 Å². The molecule has 3 rings (SSSR count). The van der Waals surface area contributed by atoms with Gasteiger partial charge in [0.25, 0.3) is 5.91 Å². The first-order valence-electron chi connectivity index (χ1n) is 8.41. The van der Waals surface area contributed by atoms with Crippen molar-refractivity contribution in [2.45, 2.75) is 32.3 Å². The van der Waals surface area contributed by atoms with Gasteiger partial charge in [0.2, 0.25) is 0 Å². The summed E-state index contributed by atoms with van der Waals surface area (Å²) in [5.41, 5.74) is 2.94. The molecule has 0 saturated carbocycles. The third-order valence-corrected chi connectivity index (χ3v) is 4.24. The van der Waals surface area contributed by atoms with E-state index in [1.165, 1.54) is 14.0 Å². The van der Waals surface area contributed by atoms with E-state index in [4.69, 9.17) is 4.74 Å². The molecule has 0 aliphatic heterocycles. The molecule has 0 spiro atoms. The molecule has 1 aliphatic rings. The Kier molecular flexibility index (Phi) is 5.01. The molecule has 0 unspecified atom stereocenters. The molecule has 2 aromatic rings. The van der Waals surface area contributed by atoms with E-state index in [1.54, 1.807) is 4.68 Å². The number of benzene rings is 1. The van der Waals surface area contributed by atoms with Crippen molar-refractivity contribution >= 4 is 17.9 Å². The fourth-order valence-electron chi connectivity index (χ4n) is 2.93. The van der Waals surface area contributed by atoms with Crippen LogP contribution in [0.4, 0.5) is 4.79 Å². The molecule has 0 fully saturated rings. The summed E-state index contributed by atoms with van der Waals surface area (Å²) in [6, 6.07) is 8.89. The summed E-state index contributed by atoms with van der Waals surface area (Å²) < 4.78 is 6.97. The number of amides is 3. The van der Waals surface area contributed by atoms with Crippen LogP contribution in [0.2, 0.25) is 0 Å². The van der Waals surface area contributed by atoms with Crippen LogP contribution in [-0.2, 0) is 22.4 Å². The number of carbonyl (C=O) groups is 3. The number of rotatable bonds is 4. The van der Waals surface area contributed by atoms with Gasteiger partial charge in [0.15, 0.2) is 11.8 Å². The van der Waals surface area contributed by atoms with Crippen molar-refractivity contribution in [1.82, 2.24) is 20.4 Å². The molecule has 1 heterocycles. The van der Waals surface area contributed by atoms with Crippen LogP contribution in [0, 0.1) is 0 Å². The first-order chi connectivity index (χ1) is 12.5. The first kappa shape index (κ1) is 17.7. The van der Waals surface area contributed by atoms with Crippen LogP contribution < -0.4 is 10.6 Å². The molecular weight excluding hydrogens is 336 g/mol. The minimum Gasteiger partial charge on any atom is -0.448 e. The molecule has 1 aliphatic carbocycles. The highest BCUT2D eigenvalue weighted by Gasteiger charge is 2.30. The molecule has 2 N–H and O–H groups in total. The molecule has 0 saturated heterocycles. The van der Waals surface area contributed by atoms with Crippen molar-refractivity contribution in [3.63, 3.8) is 0 Å². The molecule has 0 radical (unpaired) electrons. The summed E-state index contributed by atoms with van der Waals surface area (Å²) in [6.07, 6.45) is 1.40. The third-order valence-electron chi connectivity index (χ3n) is 4.24. The molecule has 8 nitrogen and oxygen atoms in total. The molecule has 3 amide bonds. The number of urea groups is 1. The zero-order chi connectivity index (χ0) is 18.7. The van der Waals surface area contributed by atoms with Gasteiger partial charge in [-0.25, -0.2) is 14.3 Å². The second-order valence-corrected chi connectivity index (χ2v) is 5.99. The lowest BCUT2D eigenvalue weighted by atomic mass is 10.2. The number of nitrogens with zero attached hydrogens (tertiary/aromatic N) is 2. The summed E-state index contributed by atoms with van der Waals surface area (Å²) in [4.78, 5) is 35.6. The van der Waals surface area contributed by atoms with E-state index in [0.29, 0.717) is 0 Å². The van der Waals surface area contributed by atoms with E-state index in [9.17, 15) is 14.4 Å². The number of nitrogens with one attached hydrogen (secondary N) is 2. The van der Waals surface area contributed by atoms with Gasteiger partial charge in [0, 0.05) is 18.3 Å². The van der Waals surface area contributed by atoms with Crippen molar-refractivity contribution in [3.05, 3.63) is 47.3 Å². The number of para-hydroxylation sites is 1. The van der Waals surface area contributed by atoms with Gasteiger partial charge in [-0.15, -0.1) is 0 Å². The Bertz CT molecular complexity index is 844. The lowest BCUT2D eigenvalue weighted by Gasteiger charge is -2.12. The molecule has 26 heavy (non-hydrogen) atoms. The van der Waals surface area contributed by atoms with Crippen LogP contribution >= 0.6 is 0 Å². The Morgan fingerprint density at radius 1 is 1.19 bits per heavy atom. The van der Waals surface area contributed by atoms with Crippen molar-refractivity contribution in [2.24, 2.45) is 0 Å². The maximum atomic E-state index is 12.5. The number of aromatic nitrogens is 2. The smallest absolute Gasteiger partial charge is 0.359 e. The summed E-state index contributed by atoms with van der Waals surface area (Å²) in [6.45, 7) is 1.41. The topological polar surface area (TPSA) is 102 Å². The molecule has 0 bridgehead atoms. The second kappa shape index (κ2) is 7.38. The number of ether oxygens (including phenoxy) is 1. The third kappa shape index (κ3) is 3.44. The highest BCUT2D eigenvalue weighted by molar-refractivity contribution is 5.98. The number of hydrogen-bond donors (Lipinski definition) is 2. The number of fused-ring (bicyclic) bond motifs is 1. The average Bonchev–Trinajstić information content (AvgIpc) is 3.24. The van der Waals surface area contributed by atoms with Gasteiger partial charge in [-0.2, -0.15) is 5.10 Å². The number of carbonyl (C=O) groups excluding carboxylic acids is 3. The Balaban J connectivity index is 1.80. The SMILES string of the molecule is CNC(=O)NC(=O)[C@@H](C)OC(=O)c1nn(-c2ccccc2)c2c1CCC2. The lowest BCUT2D eigenvalue weighted by Crippen LogP contribution is -2.43. The first-order valence-corrected chi connectivity index (χ1v) is 8.41. The van der Waals surface area contributed by atoms with Gasteiger partial charge in [-0.1, -0.05) is 18.2 Å². The van der Waals surface area contributed by atoms with E-state index in [0.717, 1.165) is 36.2 Å². The van der Waals surface area contributed by atoms with Crippen LogP contribution in [0.15, 0.2) is 30.3 Å². The summed E-state index contributed by atoms with van der Waals surface area (Å²) in [5, 5.41) is 8.76. The zero-order valence-corrected chi connectivity index (χ0v) is 14.6. The van der Waals surface area contributed by atoms with E-state index in [1.807, 2.05) is 30.3 Å². The van der Waals surface area contributed by atoms with E-state index < -0.39 is 24.0 Å². The molecule has 1 atom stereocenters. The fourth-order valence-corrected chi connectivity index (χ4v) is 2.93. The maximum Gasteiger partial charge on any atom is 0.359 e. The van der Waals surface area contributed by atoms with Gasteiger partial charge < -0.3 is 10.1 Å². The predicted molar refractivity (Wildman–Crippen MR) is 93.1 cm³/mol. The Hall–Kier alpha value is -3.16. The highest BCUT2D eigenvalue weighted by atomic mass is 16.5. The molecule has 1 aromatic carbocycles. The molecule has 8 heteroatoms. The van der Waals surface area contributed by atoms with Crippen molar-refractivity contribution in [1.29, 1.82) is 0 Å². The summed E-state index contributed by atoms with van der Waals surface area (Å²) in [5.74, 6) is -1.37. The number of imide groups is 1. The quantitative estimate of drug-likeness (QED) is 0.806. The number of esters is 1. The standard InChI is InChI=1S/C18H20N4O4/c1-11(16(23)20-18(25)19-2)26-17(24)15-13-9-6-10-14(13)22(21-15)12-7-4-3-5-8-12/h3-5,7-8,11H,6,9-10H2,1-2H3,(H2,19,20,23,25)/t11-/m1/s1. The highest BCUT2D eigenvalue weighted by Crippen LogP contribution is 2.28. The minimum atomic E-state index is -1.11. The summed E-state index contributed by atoms with van der Waals surface area (Å²) in [7, 11) is 1.39. The van der Waals surface area contributed by atoms with Gasteiger partial charge in [0.1, 0.15) is 0 Å². The van der Waals surface area contributed by atoms with Gasteiger partial charge >= 0.3 is 12.0 Å². The fraction of sp³-hybridized carbons (Fsp3) is 0.333. The van der Waals surface area contributed by atoms with Crippen molar-refractivity contribution < 1.29 is 19.1 Å². The van der Waals surface area contributed by atoms with Gasteiger partial charge in [0.05, 0.1) is 5.69 Å². The van der Waals surface area contributed by atoms with Gasteiger partial charge in [-0.05, 0) is 38.3 Å². The van der Waals surface area contributed by atoms with E-state index >= 15 is 0 Å². The zero-order valence-electron chi connectivity index (χ0n) is 14.6. The molecule has 136 valence electrons.